The van der Waals surface area contributed by atoms with Crippen molar-refractivity contribution in [2.24, 2.45) is 5.73 Å². The molecule has 0 aliphatic heterocycles. The molecule has 0 unspecified atom stereocenters. The zero-order valence-corrected chi connectivity index (χ0v) is 14.6. The lowest BCUT2D eigenvalue weighted by atomic mass is 10.1. The van der Waals surface area contributed by atoms with E-state index in [0.29, 0.717) is 23.7 Å². The van der Waals surface area contributed by atoms with Gasteiger partial charge in [-0.3, -0.25) is 9.78 Å². The van der Waals surface area contributed by atoms with Crippen LogP contribution in [-0.4, -0.2) is 32.7 Å². The first-order chi connectivity index (χ1) is 12.1. The molecule has 7 nitrogen and oxygen atoms in total. The summed E-state index contributed by atoms with van der Waals surface area (Å²) in [5.41, 5.74) is 7.92. The van der Waals surface area contributed by atoms with Gasteiger partial charge in [0.1, 0.15) is 0 Å². The van der Waals surface area contributed by atoms with Crippen molar-refractivity contribution in [2.45, 2.75) is 32.7 Å². The van der Waals surface area contributed by atoms with Crippen LogP contribution in [0, 0.1) is 0 Å². The molecule has 2 heterocycles. The van der Waals surface area contributed by atoms with Crippen LogP contribution < -0.4 is 16.6 Å². The Kier molecular flexibility index (Phi) is 5.25. The summed E-state index contributed by atoms with van der Waals surface area (Å²) in [7, 11) is 0. The first-order valence-electron chi connectivity index (χ1n) is 8.58. The second-order valence-electron chi connectivity index (χ2n) is 6.41. The van der Waals surface area contributed by atoms with Crippen molar-refractivity contribution in [1.29, 1.82) is 0 Å². The molecule has 3 rings (SSSR count). The van der Waals surface area contributed by atoms with Crippen molar-refractivity contribution in [2.75, 3.05) is 13.1 Å². The minimum absolute atomic E-state index is 0.163. The lowest BCUT2D eigenvalue weighted by molar-refractivity contribution is 0.655. The maximum atomic E-state index is 12.4. The molecule has 0 spiro atoms. The number of fused-ring (bicyclic) bond motifs is 1. The monoisotopic (exact) mass is 340 g/mol. The molecule has 0 aliphatic rings. The Morgan fingerprint density at radius 3 is 2.72 bits per heavy atom. The lowest BCUT2D eigenvalue weighted by Crippen LogP contribution is -2.17. The number of nitrogens with zero attached hydrogens (tertiary/aromatic N) is 3. The summed E-state index contributed by atoms with van der Waals surface area (Å²) in [6, 6.07) is 7.96. The number of H-pyrrole nitrogens is 1. The van der Waals surface area contributed by atoms with Gasteiger partial charge in [-0.05, 0) is 30.6 Å². The van der Waals surface area contributed by atoms with E-state index in [9.17, 15) is 4.79 Å². The Bertz CT molecular complexity index is 894. The van der Waals surface area contributed by atoms with E-state index in [1.165, 1.54) is 5.56 Å². The molecule has 0 saturated carbocycles. The Labute approximate surface area is 146 Å². The summed E-state index contributed by atoms with van der Waals surface area (Å²) >= 11 is 0. The van der Waals surface area contributed by atoms with Gasteiger partial charge >= 0.3 is 0 Å². The number of aromatic nitrogens is 4. The highest BCUT2D eigenvalue weighted by Crippen LogP contribution is 2.17. The molecule has 0 saturated heterocycles. The molecule has 0 atom stereocenters. The van der Waals surface area contributed by atoms with Crippen molar-refractivity contribution in [1.82, 2.24) is 24.9 Å². The van der Waals surface area contributed by atoms with E-state index in [1.807, 2.05) is 38.1 Å². The zero-order chi connectivity index (χ0) is 17.8. The van der Waals surface area contributed by atoms with Gasteiger partial charge in [0.2, 0.25) is 5.78 Å². The van der Waals surface area contributed by atoms with Crippen LogP contribution in [0.2, 0.25) is 0 Å². The number of hydrogen-bond acceptors (Lipinski definition) is 5. The van der Waals surface area contributed by atoms with Crippen LogP contribution in [0.3, 0.4) is 0 Å². The van der Waals surface area contributed by atoms with E-state index in [-0.39, 0.29) is 11.5 Å². The molecule has 132 valence electrons. The Morgan fingerprint density at radius 2 is 2.04 bits per heavy atom. The molecule has 3 aromatic rings. The van der Waals surface area contributed by atoms with Gasteiger partial charge in [0.25, 0.3) is 5.56 Å². The SMILES string of the molecule is CC(C)c1nc2[nH]c(=O)c(-c3ccc(CNCCCN)cc3)cn2n1. The summed E-state index contributed by atoms with van der Waals surface area (Å²) in [5, 5.41) is 7.77. The van der Waals surface area contributed by atoms with Gasteiger partial charge in [-0.1, -0.05) is 38.1 Å². The van der Waals surface area contributed by atoms with Crippen molar-refractivity contribution in [3.8, 4) is 11.1 Å². The van der Waals surface area contributed by atoms with Gasteiger partial charge < -0.3 is 11.1 Å². The second kappa shape index (κ2) is 7.58. The summed E-state index contributed by atoms with van der Waals surface area (Å²) in [4.78, 5) is 19.5. The molecule has 2 aromatic heterocycles. The molecular weight excluding hydrogens is 316 g/mol. The topological polar surface area (TPSA) is 101 Å². The van der Waals surface area contributed by atoms with E-state index in [2.05, 4.69) is 20.4 Å². The minimum Gasteiger partial charge on any atom is -0.330 e. The Morgan fingerprint density at radius 1 is 1.28 bits per heavy atom. The number of rotatable bonds is 7. The van der Waals surface area contributed by atoms with E-state index in [1.54, 1.807) is 10.7 Å². The Balaban J connectivity index is 1.83. The second-order valence-corrected chi connectivity index (χ2v) is 6.41. The van der Waals surface area contributed by atoms with Gasteiger partial charge in [0, 0.05) is 18.7 Å². The van der Waals surface area contributed by atoms with E-state index in [0.717, 1.165) is 25.1 Å². The molecule has 25 heavy (non-hydrogen) atoms. The highest BCUT2D eigenvalue weighted by Gasteiger charge is 2.11. The average Bonchev–Trinajstić information content (AvgIpc) is 3.02. The quantitative estimate of drug-likeness (QED) is 0.568. The highest BCUT2D eigenvalue weighted by atomic mass is 16.1. The van der Waals surface area contributed by atoms with Crippen LogP contribution in [-0.2, 0) is 6.54 Å². The predicted molar refractivity (Wildman–Crippen MR) is 98.5 cm³/mol. The van der Waals surface area contributed by atoms with Crippen LogP contribution in [0.1, 0.15) is 37.6 Å². The third kappa shape index (κ3) is 3.94. The highest BCUT2D eigenvalue weighted by molar-refractivity contribution is 5.62. The van der Waals surface area contributed by atoms with Crippen LogP contribution in [0.15, 0.2) is 35.3 Å². The molecular formula is C18H24N6O. The molecule has 4 N–H and O–H groups in total. The third-order valence-electron chi connectivity index (χ3n) is 4.04. The number of hydrogen-bond donors (Lipinski definition) is 3. The van der Waals surface area contributed by atoms with Crippen molar-refractivity contribution >= 4 is 5.78 Å². The smallest absolute Gasteiger partial charge is 0.260 e. The third-order valence-corrected chi connectivity index (χ3v) is 4.04. The fourth-order valence-electron chi connectivity index (χ4n) is 2.58. The van der Waals surface area contributed by atoms with Gasteiger partial charge in [0.05, 0.1) is 5.56 Å². The first kappa shape index (κ1) is 17.3. The number of nitrogens with one attached hydrogen (secondary N) is 2. The number of benzene rings is 1. The van der Waals surface area contributed by atoms with Crippen molar-refractivity contribution < 1.29 is 0 Å². The molecule has 1 aromatic carbocycles. The first-order valence-corrected chi connectivity index (χ1v) is 8.58. The standard InChI is InChI=1S/C18H24N6O/c1-12(2)16-21-18-22-17(25)15(11-24(18)23-16)14-6-4-13(5-7-14)10-20-9-3-8-19/h4-7,11-12,20H,3,8-10,19H2,1-2H3,(H,21,22,23,25). The predicted octanol–water partition coefficient (Wildman–Crippen LogP) is 1.65. The lowest BCUT2D eigenvalue weighted by Gasteiger charge is -2.06. The average molecular weight is 340 g/mol. The molecule has 0 amide bonds. The number of aromatic amines is 1. The summed E-state index contributed by atoms with van der Waals surface area (Å²) in [5.74, 6) is 1.39. The molecule has 0 fully saturated rings. The normalized spacial score (nSPS) is 11.5. The maximum absolute atomic E-state index is 12.4. The summed E-state index contributed by atoms with van der Waals surface area (Å²) in [6.07, 6.45) is 2.70. The molecule has 7 heteroatoms. The van der Waals surface area contributed by atoms with Gasteiger partial charge in [-0.2, -0.15) is 4.98 Å². The molecule has 0 bridgehead atoms. The fourth-order valence-corrected chi connectivity index (χ4v) is 2.58. The largest absolute Gasteiger partial charge is 0.330 e. The maximum Gasteiger partial charge on any atom is 0.260 e. The molecule has 0 radical (unpaired) electrons. The van der Waals surface area contributed by atoms with Gasteiger partial charge in [0.15, 0.2) is 5.82 Å². The van der Waals surface area contributed by atoms with E-state index >= 15 is 0 Å². The van der Waals surface area contributed by atoms with Crippen molar-refractivity contribution in [3.63, 3.8) is 0 Å². The fraction of sp³-hybridized carbons (Fsp3) is 0.389. The summed E-state index contributed by atoms with van der Waals surface area (Å²) < 4.78 is 1.63. The molecule has 0 aliphatic carbocycles. The van der Waals surface area contributed by atoms with Crippen LogP contribution in [0.4, 0.5) is 0 Å². The van der Waals surface area contributed by atoms with Crippen LogP contribution in [0.5, 0.6) is 0 Å². The van der Waals surface area contributed by atoms with E-state index in [4.69, 9.17) is 5.73 Å². The number of nitrogens with two attached hydrogens (primary N) is 1. The summed E-state index contributed by atoms with van der Waals surface area (Å²) in [6.45, 7) is 6.43. The Hall–Kier alpha value is -2.51. The van der Waals surface area contributed by atoms with Crippen molar-refractivity contribution in [3.05, 3.63) is 52.2 Å². The van der Waals surface area contributed by atoms with Gasteiger partial charge in [-0.25, -0.2) is 4.52 Å². The zero-order valence-electron chi connectivity index (χ0n) is 14.6. The van der Waals surface area contributed by atoms with Crippen LogP contribution >= 0.6 is 0 Å². The van der Waals surface area contributed by atoms with E-state index < -0.39 is 0 Å². The van der Waals surface area contributed by atoms with Crippen LogP contribution in [0.25, 0.3) is 16.9 Å². The minimum atomic E-state index is -0.163. The van der Waals surface area contributed by atoms with Gasteiger partial charge in [-0.15, -0.1) is 5.10 Å².